The van der Waals surface area contributed by atoms with E-state index in [0.29, 0.717) is 0 Å². The van der Waals surface area contributed by atoms with Crippen molar-refractivity contribution in [3.63, 3.8) is 0 Å². The van der Waals surface area contributed by atoms with Gasteiger partial charge in [-0.2, -0.15) is 0 Å². The normalized spacial score (nSPS) is 18.9. The van der Waals surface area contributed by atoms with Crippen molar-refractivity contribution >= 4 is 11.4 Å². The molecule has 1 aliphatic heterocycles. The van der Waals surface area contributed by atoms with Gasteiger partial charge in [-0.3, -0.25) is 0 Å². The molecular weight excluding hydrogens is 160 g/mol. The molecule has 0 bridgehead atoms. The summed E-state index contributed by atoms with van der Waals surface area (Å²) in [6.07, 6.45) is 1.17. The van der Waals surface area contributed by atoms with Gasteiger partial charge in [0.15, 0.2) is 0 Å². The third kappa shape index (κ3) is 1.37. The Labute approximate surface area is 79.1 Å². The molecule has 13 heavy (non-hydrogen) atoms. The molecule has 0 spiro atoms. The van der Waals surface area contributed by atoms with Crippen LogP contribution >= 0.6 is 0 Å². The molecule has 70 valence electrons. The first-order valence-electron chi connectivity index (χ1n) is 4.73. The van der Waals surface area contributed by atoms with Crippen LogP contribution in [0.15, 0.2) is 18.2 Å². The van der Waals surface area contributed by atoms with Crippen LogP contribution in [0.5, 0.6) is 0 Å². The molecule has 0 unspecified atom stereocenters. The Balaban J connectivity index is 2.55. The van der Waals surface area contributed by atoms with Gasteiger partial charge in [0.1, 0.15) is 0 Å². The second kappa shape index (κ2) is 2.66. The molecule has 0 saturated carbocycles. The van der Waals surface area contributed by atoms with Crippen LogP contribution in [0, 0.1) is 0 Å². The van der Waals surface area contributed by atoms with Gasteiger partial charge in [-0.05, 0) is 35.6 Å². The first-order chi connectivity index (χ1) is 6.09. The van der Waals surface area contributed by atoms with Gasteiger partial charge in [0.2, 0.25) is 0 Å². The van der Waals surface area contributed by atoms with Crippen molar-refractivity contribution in [2.75, 3.05) is 17.6 Å². The molecule has 1 aliphatic rings. The minimum Gasteiger partial charge on any atom is -0.399 e. The molecule has 0 aromatic heterocycles. The van der Waals surface area contributed by atoms with Crippen molar-refractivity contribution in [1.82, 2.24) is 0 Å². The van der Waals surface area contributed by atoms with Crippen LogP contribution in [0.4, 0.5) is 11.4 Å². The third-order valence-corrected chi connectivity index (χ3v) is 2.84. The fraction of sp³-hybridized carbons (Fsp3) is 0.455. The summed E-state index contributed by atoms with van der Waals surface area (Å²) in [6, 6.07) is 6.11. The highest BCUT2D eigenvalue weighted by Gasteiger charge is 2.26. The van der Waals surface area contributed by atoms with Crippen molar-refractivity contribution < 1.29 is 0 Å². The Hall–Kier alpha value is -1.18. The summed E-state index contributed by atoms with van der Waals surface area (Å²) in [7, 11) is 0. The van der Waals surface area contributed by atoms with Crippen molar-refractivity contribution in [1.29, 1.82) is 0 Å². The average Bonchev–Trinajstić information content (AvgIpc) is 2.06. The summed E-state index contributed by atoms with van der Waals surface area (Å²) in [5.74, 6) is 0. The smallest absolute Gasteiger partial charge is 0.0379 e. The number of nitrogen functional groups attached to an aromatic ring is 1. The molecule has 1 aromatic rings. The number of benzene rings is 1. The average molecular weight is 176 g/mol. The van der Waals surface area contributed by atoms with E-state index in [4.69, 9.17) is 5.73 Å². The van der Waals surface area contributed by atoms with Crippen LogP contribution in [0.2, 0.25) is 0 Å². The van der Waals surface area contributed by atoms with E-state index in [9.17, 15) is 0 Å². The number of nitrogens with one attached hydrogen (secondary N) is 1. The quantitative estimate of drug-likeness (QED) is 0.595. The van der Waals surface area contributed by atoms with E-state index >= 15 is 0 Å². The number of hydrogen-bond donors (Lipinski definition) is 2. The number of fused-ring (bicyclic) bond motifs is 1. The molecule has 2 rings (SSSR count). The molecule has 2 heteroatoms. The van der Waals surface area contributed by atoms with Crippen LogP contribution in [0.25, 0.3) is 0 Å². The maximum Gasteiger partial charge on any atom is 0.0379 e. The first-order valence-corrected chi connectivity index (χ1v) is 4.73. The minimum absolute atomic E-state index is 0.260. The SMILES string of the molecule is CC1(C)CCNc2ccc(N)cc21. The van der Waals surface area contributed by atoms with Crippen LogP contribution in [-0.2, 0) is 5.41 Å². The van der Waals surface area contributed by atoms with Crippen molar-refractivity contribution in [3.8, 4) is 0 Å². The molecule has 1 heterocycles. The third-order valence-electron chi connectivity index (χ3n) is 2.84. The van der Waals surface area contributed by atoms with Gasteiger partial charge >= 0.3 is 0 Å². The second-order valence-electron chi connectivity index (χ2n) is 4.37. The van der Waals surface area contributed by atoms with E-state index in [-0.39, 0.29) is 5.41 Å². The van der Waals surface area contributed by atoms with Crippen molar-refractivity contribution in [2.24, 2.45) is 0 Å². The lowest BCUT2D eigenvalue weighted by molar-refractivity contribution is 0.482. The number of hydrogen-bond acceptors (Lipinski definition) is 2. The Kier molecular flexibility index (Phi) is 1.72. The van der Waals surface area contributed by atoms with Crippen LogP contribution < -0.4 is 11.1 Å². The highest BCUT2D eigenvalue weighted by molar-refractivity contribution is 5.62. The van der Waals surface area contributed by atoms with Gasteiger partial charge in [-0.1, -0.05) is 13.8 Å². The van der Waals surface area contributed by atoms with E-state index < -0.39 is 0 Å². The summed E-state index contributed by atoms with van der Waals surface area (Å²) in [6.45, 7) is 5.60. The largest absolute Gasteiger partial charge is 0.399 e. The minimum atomic E-state index is 0.260. The fourth-order valence-corrected chi connectivity index (χ4v) is 1.92. The zero-order valence-corrected chi connectivity index (χ0v) is 8.22. The lowest BCUT2D eigenvalue weighted by atomic mass is 9.78. The molecule has 0 amide bonds. The highest BCUT2D eigenvalue weighted by atomic mass is 14.9. The van der Waals surface area contributed by atoms with Crippen molar-refractivity contribution in [3.05, 3.63) is 23.8 Å². The van der Waals surface area contributed by atoms with Crippen molar-refractivity contribution in [2.45, 2.75) is 25.7 Å². The van der Waals surface area contributed by atoms with Gasteiger partial charge in [0.05, 0.1) is 0 Å². The summed E-state index contributed by atoms with van der Waals surface area (Å²) >= 11 is 0. The van der Waals surface area contributed by atoms with E-state index in [1.54, 1.807) is 0 Å². The van der Waals surface area contributed by atoms with Gasteiger partial charge in [-0.15, -0.1) is 0 Å². The molecule has 0 radical (unpaired) electrons. The van der Waals surface area contributed by atoms with E-state index in [2.05, 4.69) is 31.3 Å². The maximum atomic E-state index is 5.78. The molecule has 0 aliphatic carbocycles. The Bertz CT molecular complexity index is 329. The maximum absolute atomic E-state index is 5.78. The molecule has 0 atom stereocenters. The Morgan fingerprint density at radius 3 is 2.92 bits per heavy atom. The zero-order chi connectivity index (χ0) is 9.47. The molecule has 1 aromatic carbocycles. The Morgan fingerprint density at radius 2 is 2.15 bits per heavy atom. The van der Waals surface area contributed by atoms with Gasteiger partial charge in [0, 0.05) is 17.9 Å². The van der Waals surface area contributed by atoms with Gasteiger partial charge in [-0.25, -0.2) is 0 Å². The van der Waals surface area contributed by atoms with E-state index in [1.165, 1.54) is 17.7 Å². The van der Waals surface area contributed by atoms with Crippen LogP contribution in [-0.4, -0.2) is 6.54 Å². The van der Waals surface area contributed by atoms with Gasteiger partial charge < -0.3 is 11.1 Å². The molecule has 3 N–H and O–H groups in total. The van der Waals surface area contributed by atoms with E-state index in [0.717, 1.165) is 12.2 Å². The zero-order valence-electron chi connectivity index (χ0n) is 8.22. The molecular formula is C11H16N2. The topological polar surface area (TPSA) is 38.0 Å². The van der Waals surface area contributed by atoms with E-state index in [1.807, 2.05) is 6.07 Å². The number of anilines is 2. The first kappa shape index (κ1) is 8.42. The standard InChI is InChI=1S/C11H16N2/c1-11(2)5-6-13-10-4-3-8(12)7-9(10)11/h3-4,7,13H,5-6,12H2,1-2H3. The summed E-state index contributed by atoms with van der Waals surface area (Å²) in [5, 5.41) is 3.39. The number of nitrogens with two attached hydrogens (primary N) is 1. The monoisotopic (exact) mass is 176 g/mol. The lowest BCUT2D eigenvalue weighted by Crippen LogP contribution is -2.28. The second-order valence-corrected chi connectivity index (χ2v) is 4.37. The summed E-state index contributed by atoms with van der Waals surface area (Å²) in [4.78, 5) is 0. The Morgan fingerprint density at radius 1 is 1.38 bits per heavy atom. The lowest BCUT2D eigenvalue weighted by Gasteiger charge is -2.33. The summed E-state index contributed by atoms with van der Waals surface area (Å²) in [5.41, 5.74) is 9.48. The predicted molar refractivity (Wildman–Crippen MR) is 57.0 cm³/mol. The number of rotatable bonds is 0. The summed E-state index contributed by atoms with van der Waals surface area (Å²) < 4.78 is 0. The van der Waals surface area contributed by atoms with Crippen LogP contribution in [0.3, 0.4) is 0 Å². The van der Waals surface area contributed by atoms with Gasteiger partial charge in [0.25, 0.3) is 0 Å². The highest BCUT2D eigenvalue weighted by Crippen LogP contribution is 2.37. The molecule has 0 saturated heterocycles. The molecule has 0 fully saturated rings. The predicted octanol–water partition coefficient (Wildman–Crippen LogP) is 2.36. The molecule has 2 nitrogen and oxygen atoms in total. The van der Waals surface area contributed by atoms with Crippen LogP contribution in [0.1, 0.15) is 25.8 Å². The fourth-order valence-electron chi connectivity index (χ4n) is 1.92.